The van der Waals surface area contributed by atoms with E-state index in [2.05, 4.69) is 26.1 Å². The lowest BCUT2D eigenvalue weighted by Crippen LogP contribution is -2.27. The van der Waals surface area contributed by atoms with Gasteiger partial charge in [-0.3, -0.25) is 9.59 Å². The van der Waals surface area contributed by atoms with E-state index in [1.165, 1.54) is 0 Å². The quantitative estimate of drug-likeness (QED) is 0.866. The molecule has 5 nitrogen and oxygen atoms in total. The van der Waals surface area contributed by atoms with Crippen LogP contribution in [-0.2, 0) is 15.0 Å². The minimum atomic E-state index is -0.252. The van der Waals surface area contributed by atoms with E-state index in [-0.39, 0.29) is 23.8 Å². The molecule has 0 saturated carbocycles. The minimum absolute atomic E-state index is 0.0736. The van der Waals surface area contributed by atoms with Gasteiger partial charge in [0.1, 0.15) is 5.75 Å². The molecule has 1 fully saturated rings. The predicted octanol–water partition coefficient (Wildman–Crippen LogP) is 4.13. The maximum atomic E-state index is 12.5. The van der Waals surface area contributed by atoms with Crippen LogP contribution in [0.15, 0.2) is 48.5 Å². The second-order valence-electron chi connectivity index (χ2n) is 7.75. The number of anilines is 2. The van der Waals surface area contributed by atoms with Crippen molar-refractivity contribution in [1.82, 2.24) is 0 Å². The van der Waals surface area contributed by atoms with E-state index in [4.69, 9.17) is 4.74 Å². The maximum absolute atomic E-state index is 12.5. The third-order valence-electron chi connectivity index (χ3n) is 4.60. The van der Waals surface area contributed by atoms with Gasteiger partial charge in [-0.2, -0.15) is 0 Å². The molecule has 0 spiro atoms. The molecule has 0 unspecified atom stereocenters. The summed E-state index contributed by atoms with van der Waals surface area (Å²) < 4.78 is 5.79. The number of hydrogen-bond donors (Lipinski definition) is 1. The average molecular weight is 366 g/mol. The first-order chi connectivity index (χ1) is 12.9. The predicted molar refractivity (Wildman–Crippen MR) is 107 cm³/mol. The fraction of sp³-hybridized carbons (Fsp3) is 0.364. The molecule has 1 heterocycles. The fourth-order valence-electron chi connectivity index (χ4n) is 3.26. The summed E-state index contributed by atoms with van der Waals surface area (Å²) in [7, 11) is 0. The third kappa shape index (κ3) is 4.48. The second-order valence-corrected chi connectivity index (χ2v) is 7.75. The van der Waals surface area contributed by atoms with Crippen LogP contribution >= 0.6 is 0 Å². The molecule has 0 atom stereocenters. The van der Waals surface area contributed by atoms with E-state index in [1.807, 2.05) is 48.5 Å². The van der Waals surface area contributed by atoms with E-state index in [0.717, 1.165) is 17.7 Å². The molecule has 2 aromatic rings. The number of amides is 2. The van der Waals surface area contributed by atoms with Crippen molar-refractivity contribution < 1.29 is 14.3 Å². The summed E-state index contributed by atoms with van der Waals surface area (Å²) in [6.45, 7) is 6.92. The van der Waals surface area contributed by atoms with Crippen molar-refractivity contribution in [3.8, 4) is 5.75 Å². The van der Waals surface area contributed by atoms with E-state index >= 15 is 0 Å². The van der Waals surface area contributed by atoms with Gasteiger partial charge in [0.2, 0.25) is 5.91 Å². The Morgan fingerprint density at radius 2 is 1.81 bits per heavy atom. The van der Waals surface area contributed by atoms with E-state index in [1.54, 1.807) is 4.90 Å². The molecule has 3 rings (SSSR count). The Kier molecular flexibility index (Phi) is 5.49. The number of para-hydroxylation sites is 3. The molecule has 142 valence electrons. The molecule has 0 bridgehead atoms. The van der Waals surface area contributed by atoms with Gasteiger partial charge in [0.15, 0.2) is 6.61 Å². The molecule has 0 radical (unpaired) electrons. The highest BCUT2D eigenvalue weighted by molar-refractivity contribution is 6.02. The lowest BCUT2D eigenvalue weighted by Gasteiger charge is -2.23. The van der Waals surface area contributed by atoms with Crippen molar-refractivity contribution in [2.75, 3.05) is 23.4 Å². The summed E-state index contributed by atoms with van der Waals surface area (Å²) in [6.07, 6.45) is 1.39. The number of ether oxygens (including phenoxy) is 1. The average Bonchev–Trinajstić information content (AvgIpc) is 3.06. The van der Waals surface area contributed by atoms with Gasteiger partial charge in [0.05, 0.1) is 11.4 Å². The summed E-state index contributed by atoms with van der Waals surface area (Å²) in [5, 5.41) is 2.88. The number of hydrogen-bond acceptors (Lipinski definition) is 3. The SMILES string of the molecule is CC(C)(C)c1ccccc1OCC(=O)Nc1ccccc1N1CCCC1=O. The Bertz CT molecular complexity index is 839. The molecule has 2 amide bonds. The highest BCUT2D eigenvalue weighted by Gasteiger charge is 2.24. The fourth-order valence-corrected chi connectivity index (χ4v) is 3.26. The summed E-state index contributed by atoms with van der Waals surface area (Å²) >= 11 is 0. The minimum Gasteiger partial charge on any atom is -0.483 e. The van der Waals surface area contributed by atoms with Crippen molar-refractivity contribution in [3.05, 3.63) is 54.1 Å². The normalized spacial score (nSPS) is 14.3. The second kappa shape index (κ2) is 7.82. The first-order valence-corrected chi connectivity index (χ1v) is 9.28. The van der Waals surface area contributed by atoms with Crippen LogP contribution in [0.5, 0.6) is 5.75 Å². The van der Waals surface area contributed by atoms with Gasteiger partial charge >= 0.3 is 0 Å². The van der Waals surface area contributed by atoms with Crippen LogP contribution in [0.3, 0.4) is 0 Å². The molecule has 27 heavy (non-hydrogen) atoms. The van der Waals surface area contributed by atoms with Crippen LogP contribution in [0.2, 0.25) is 0 Å². The smallest absolute Gasteiger partial charge is 0.262 e. The zero-order chi connectivity index (χ0) is 19.4. The first-order valence-electron chi connectivity index (χ1n) is 9.28. The molecular formula is C22H26N2O3. The van der Waals surface area contributed by atoms with Gasteiger partial charge < -0.3 is 15.0 Å². The van der Waals surface area contributed by atoms with Crippen LogP contribution in [0.25, 0.3) is 0 Å². The van der Waals surface area contributed by atoms with Gasteiger partial charge in [-0.1, -0.05) is 51.1 Å². The molecule has 5 heteroatoms. The number of carbonyl (C=O) groups excluding carboxylic acids is 2. The largest absolute Gasteiger partial charge is 0.483 e. The van der Waals surface area contributed by atoms with Crippen LogP contribution in [-0.4, -0.2) is 25.0 Å². The van der Waals surface area contributed by atoms with Crippen molar-refractivity contribution in [1.29, 1.82) is 0 Å². The highest BCUT2D eigenvalue weighted by Crippen LogP contribution is 2.31. The lowest BCUT2D eigenvalue weighted by molar-refractivity contribution is -0.118. The number of nitrogens with zero attached hydrogens (tertiary/aromatic N) is 1. The Hall–Kier alpha value is -2.82. The first kappa shape index (κ1) is 19.0. The van der Waals surface area contributed by atoms with Crippen LogP contribution in [0, 0.1) is 0 Å². The van der Waals surface area contributed by atoms with Crippen LogP contribution < -0.4 is 15.0 Å². The van der Waals surface area contributed by atoms with Crippen LogP contribution in [0.1, 0.15) is 39.2 Å². The third-order valence-corrected chi connectivity index (χ3v) is 4.60. The number of benzene rings is 2. The van der Waals surface area contributed by atoms with Gasteiger partial charge in [0, 0.05) is 13.0 Å². The lowest BCUT2D eigenvalue weighted by atomic mass is 9.86. The summed E-state index contributed by atoms with van der Waals surface area (Å²) in [6, 6.07) is 15.1. The van der Waals surface area contributed by atoms with E-state index < -0.39 is 0 Å². The Labute approximate surface area is 160 Å². The van der Waals surface area contributed by atoms with Gasteiger partial charge in [-0.05, 0) is 35.6 Å². The molecule has 1 aliphatic rings. The van der Waals surface area contributed by atoms with Gasteiger partial charge in [-0.15, -0.1) is 0 Å². The Morgan fingerprint density at radius 3 is 2.52 bits per heavy atom. The monoisotopic (exact) mass is 366 g/mol. The van der Waals surface area contributed by atoms with E-state index in [9.17, 15) is 9.59 Å². The van der Waals surface area contributed by atoms with Crippen LogP contribution in [0.4, 0.5) is 11.4 Å². The molecule has 2 aromatic carbocycles. The van der Waals surface area contributed by atoms with Gasteiger partial charge in [0.25, 0.3) is 5.91 Å². The van der Waals surface area contributed by atoms with Crippen molar-refractivity contribution in [3.63, 3.8) is 0 Å². The van der Waals surface area contributed by atoms with Gasteiger partial charge in [-0.25, -0.2) is 0 Å². The summed E-state index contributed by atoms with van der Waals surface area (Å²) in [4.78, 5) is 26.2. The molecule has 1 N–H and O–H groups in total. The maximum Gasteiger partial charge on any atom is 0.262 e. The molecule has 1 saturated heterocycles. The standard InChI is InChI=1S/C22H26N2O3/c1-22(2,3)16-9-4-7-12-19(16)27-15-20(25)23-17-10-5-6-11-18(17)24-14-8-13-21(24)26/h4-7,9-12H,8,13-15H2,1-3H3,(H,23,25). The zero-order valence-corrected chi connectivity index (χ0v) is 16.1. The van der Waals surface area contributed by atoms with Crippen molar-refractivity contribution in [2.24, 2.45) is 0 Å². The Morgan fingerprint density at radius 1 is 1.11 bits per heavy atom. The van der Waals surface area contributed by atoms with E-state index in [0.29, 0.717) is 24.4 Å². The van der Waals surface area contributed by atoms with Crippen molar-refractivity contribution in [2.45, 2.75) is 39.0 Å². The Balaban J connectivity index is 1.69. The molecule has 0 aromatic heterocycles. The number of rotatable bonds is 5. The summed E-state index contributed by atoms with van der Waals surface area (Å²) in [5.41, 5.74) is 2.35. The summed E-state index contributed by atoms with van der Waals surface area (Å²) in [5.74, 6) is 0.549. The number of nitrogens with one attached hydrogen (secondary N) is 1. The highest BCUT2D eigenvalue weighted by atomic mass is 16.5. The molecule has 0 aliphatic carbocycles. The molecule has 1 aliphatic heterocycles. The molecular weight excluding hydrogens is 340 g/mol. The topological polar surface area (TPSA) is 58.6 Å². The number of carbonyl (C=O) groups is 2. The van der Waals surface area contributed by atoms with Crippen molar-refractivity contribution >= 4 is 23.2 Å². The zero-order valence-electron chi connectivity index (χ0n) is 16.1.